The fraction of sp³-hybridized carbons (Fsp3) is 0.286. The number of hydrogen-bond acceptors (Lipinski definition) is 4. The highest BCUT2D eigenvalue weighted by atomic mass is 31.2. The summed E-state index contributed by atoms with van der Waals surface area (Å²) in [4.78, 5) is 40.0. The van der Waals surface area contributed by atoms with Crippen LogP contribution in [-0.2, 0) is 14.2 Å². The third kappa shape index (κ3) is 2.48. The topological polar surface area (TPSA) is 154 Å². The molecule has 0 atom stereocenters. The van der Waals surface area contributed by atoms with Gasteiger partial charge >= 0.3 is 15.2 Å². The van der Waals surface area contributed by atoms with Gasteiger partial charge in [-0.3, -0.25) is 19.8 Å². The van der Waals surface area contributed by atoms with Crippen LogP contribution in [-0.4, -0.2) is 24.6 Å². The van der Waals surface area contributed by atoms with Crippen LogP contribution >= 0.6 is 15.2 Å². The van der Waals surface area contributed by atoms with E-state index in [4.69, 9.17) is 25.3 Å². The largest absolute Gasteiger partial charge is 0.363 e. The van der Waals surface area contributed by atoms with E-state index >= 15 is 0 Å². The zero-order valence-electron chi connectivity index (χ0n) is 8.76. The molecule has 1 rings (SSSR count). The number of pyridine rings is 1. The van der Waals surface area contributed by atoms with Gasteiger partial charge in [-0.2, -0.15) is 0 Å². The molecule has 0 aliphatic heterocycles. The van der Waals surface area contributed by atoms with E-state index in [0.717, 1.165) is 6.07 Å². The number of nitrogens with zero attached hydrogens (tertiary/aromatic N) is 1. The summed E-state index contributed by atoms with van der Waals surface area (Å²) in [7, 11) is -10.6. The van der Waals surface area contributed by atoms with Crippen molar-refractivity contribution in [2.75, 3.05) is 0 Å². The Labute approximate surface area is 96.8 Å². The molecule has 1 heterocycles. The lowest BCUT2D eigenvalue weighted by Gasteiger charge is -2.29. The van der Waals surface area contributed by atoms with Gasteiger partial charge in [0.15, 0.2) is 0 Å². The Kier molecular flexibility index (Phi) is 3.63. The van der Waals surface area contributed by atoms with E-state index in [9.17, 15) is 9.13 Å². The molecule has 0 saturated carbocycles. The van der Waals surface area contributed by atoms with Crippen molar-refractivity contribution in [1.29, 1.82) is 0 Å². The van der Waals surface area contributed by atoms with Crippen LogP contribution in [0.1, 0.15) is 11.4 Å². The molecule has 0 unspecified atom stereocenters. The Hall–Kier alpha value is -0.590. The summed E-state index contributed by atoms with van der Waals surface area (Å²) in [6.45, 7) is 1.50. The average molecular weight is 282 g/mol. The first kappa shape index (κ1) is 14.5. The molecule has 6 N–H and O–H groups in total. The van der Waals surface area contributed by atoms with Crippen molar-refractivity contribution in [2.24, 2.45) is 5.73 Å². The van der Waals surface area contributed by atoms with Gasteiger partial charge in [-0.25, -0.2) is 0 Å². The molecule has 0 bridgehead atoms. The smallest absolute Gasteiger partial charge is 0.322 e. The Balaban J connectivity index is 3.58. The fourth-order valence-electron chi connectivity index (χ4n) is 1.22. The van der Waals surface area contributed by atoms with E-state index in [1.165, 1.54) is 19.1 Å². The molecule has 0 aromatic carbocycles. The number of aromatic nitrogens is 1. The van der Waals surface area contributed by atoms with Crippen molar-refractivity contribution in [3.63, 3.8) is 0 Å². The van der Waals surface area contributed by atoms with Gasteiger partial charge in [0.05, 0.1) is 5.69 Å². The minimum absolute atomic E-state index is 0.333. The molecule has 0 saturated heterocycles. The van der Waals surface area contributed by atoms with Gasteiger partial charge in [-0.1, -0.05) is 6.07 Å². The van der Waals surface area contributed by atoms with Crippen LogP contribution in [0.2, 0.25) is 0 Å². The van der Waals surface area contributed by atoms with Crippen LogP contribution in [0, 0.1) is 6.92 Å². The van der Waals surface area contributed by atoms with Crippen molar-refractivity contribution >= 4 is 15.2 Å². The molecule has 96 valence electrons. The molecule has 1 aromatic rings. The zero-order valence-corrected chi connectivity index (χ0v) is 10.5. The molecule has 1 aromatic heterocycles. The zero-order chi connectivity index (χ0) is 13.5. The molecule has 0 fully saturated rings. The number of hydrogen-bond donors (Lipinski definition) is 5. The molecule has 0 aliphatic rings. The van der Waals surface area contributed by atoms with Crippen LogP contribution < -0.4 is 5.73 Å². The van der Waals surface area contributed by atoms with Gasteiger partial charge in [-0.05, 0) is 19.1 Å². The lowest BCUT2D eigenvalue weighted by atomic mass is 10.3. The summed E-state index contributed by atoms with van der Waals surface area (Å²) < 4.78 is 22.5. The first-order chi connectivity index (χ1) is 7.50. The third-order valence-corrected chi connectivity index (χ3v) is 5.95. The lowest BCUT2D eigenvalue weighted by Crippen LogP contribution is -2.37. The normalized spacial score (nSPS) is 13.8. The van der Waals surface area contributed by atoms with Gasteiger partial charge in [0.2, 0.25) is 0 Å². The summed E-state index contributed by atoms with van der Waals surface area (Å²) in [5.41, 5.74) is 5.04. The minimum Gasteiger partial charge on any atom is -0.322 e. The van der Waals surface area contributed by atoms with Gasteiger partial charge in [0.1, 0.15) is 0 Å². The highest BCUT2D eigenvalue weighted by molar-refractivity contribution is 7.71. The third-order valence-electron chi connectivity index (χ3n) is 2.15. The van der Waals surface area contributed by atoms with Crippen molar-refractivity contribution in [3.8, 4) is 0 Å². The molecule has 10 heteroatoms. The van der Waals surface area contributed by atoms with Gasteiger partial charge in [0.25, 0.3) is 5.02 Å². The van der Waals surface area contributed by atoms with Crippen LogP contribution in [0.5, 0.6) is 0 Å². The van der Waals surface area contributed by atoms with Gasteiger partial charge in [0, 0.05) is 5.69 Å². The van der Waals surface area contributed by atoms with E-state index in [1.54, 1.807) is 0 Å². The average Bonchev–Trinajstić information content (AvgIpc) is 2.12. The van der Waals surface area contributed by atoms with Crippen molar-refractivity contribution in [1.82, 2.24) is 4.98 Å². The summed E-state index contributed by atoms with van der Waals surface area (Å²) in [6, 6.07) is 3.92. The standard InChI is InChI=1S/C7H12N2O6P2/c1-5-3-2-4-6(9-5)7(8,16(10,11)12)17(13,14)15/h2-4H,8H2,1H3,(H2,10,11,12)(H2,13,14,15). The van der Waals surface area contributed by atoms with Gasteiger partial charge in [-0.15, -0.1) is 0 Å². The van der Waals surface area contributed by atoms with Crippen LogP contribution in [0.4, 0.5) is 0 Å². The van der Waals surface area contributed by atoms with E-state index in [1.807, 2.05) is 0 Å². The van der Waals surface area contributed by atoms with E-state index in [2.05, 4.69) is 4.98 Å². The second kappa shape index (κ2) is 4.26. The van der Waals surface area contributed by atoms with E-state index in [0.29, 0.717) is 5.69 Å². The summed E-state index contributed by atoms with van der Waals surface area (Å²) in [5.74, 6) is 0. The molecule has 17 heavy (non-hydrogen) atoms. The summed E-state index contributed by atoms with van der Waals surface area (Å²) in [5, 5.41) is -3.12. The monoisotopic (exact) mass is 282 g/mol. The van der Waals surface area contributed by atoms with Crippen molar-refractivity contribution < 1.29 is 28.7 Å². The summed E-state index contributed by atoms with van der Waals surface area (Å²) >= 11 is 0. The molecular weight excluding hydrogens is 270 g/mol. The fourth-order valence-corrected chi connectivity index (χ4v) is 3.42. The summed E-state index contributed by atoms with van der Waals surface area (Å²) in [6.07, 6.45) is 0. The van der Waals surface area contributed by atoms with Crippen molar-refractivity contribution in [3.05, 3.63) is 29.6 Å². The SMILES string of the molecule is Cc1cccc(C(N)(P(=O)(O)O)P(=O)(O)O)n1. The Morgan fingerprint density at radius 3 is 2.00 bits per heavy atom. The molecule has 0 radical (unpaired) electrons. The Morgan fingerprint density at radius 1 is 1.18 bits per heavy atom. The van der Waals surface area contributed by atoms with Crippen LogP contribution in [0.15, 0.2) is 18.2 Å². The second-order valence-electron chi connectivity index (χ2n) is 3.48. The lowest BCUT2D eigenvalue weighted by molar-refractivity contribution is 0.308. The van der Waals surface area contributed by atoms with E-state index < -0.39 is 25.9 Å². The minimum atomic E-state index is -5.30. The Bertz CT molecular complexity index is 499. The quantitative estimate of drug-likeness (QED) is 0.478. The van der Waals surface area contributed by atoms with Crippen LogP contribution in [0.3, 0.4) is 0 Å². The predicted molar refractivity (Wildman–Crippen MR) is 58.9 cm³/mol. The first-order valence-electron chi connectivity index (χ1n) is 4.34. The first-order valence-corrected chi connectivity index (χ1v) is 7.57. The molecule has 0 aliphatic carbocycles. The highest BCUT2D eigenvalue weighted by Crippen LogP contribution is 2.70. The van der Waals surface area contributed by atoms with Crippen LogP contribution in [0.25, 0.3) is 0 Å². The predicted octanol–water partition coefficient (Wildman–Crippen LogP) is -0.186. The maximum Gasteiger partial charge on any atom is 0.363 e. The molecular formula is C7H12N2O6P2. The Morgan fingerprint density at radius 2 is 1.65 bits per heavy atom. The number of rotatable bonds is 3. The highest BCUT2D eigenvalue weighted by Gasteiger charge is 2.60. The maximum atomic E-state index is 11.2. The second-order valence-corrected chi connectivity index (χ2v) is 7.42. The molecule has 0 amide bonds. The van der Waals surface area contributed by atoms with E-state index in [-0.39, 0.29) is 0 Å². The number of aryl methyl sites for hydroxylation is 1. The molecule has 0 spiro atoms. The van der Waals surface area contributed by atoms with Crippen molar-refractivity contribution in [2.45, 2.75) is 11.9 Å². The van der Waals surface area contributed by atoms with Gasteiger partial charge < -0.3 is 19.6 Å². The molecule has 8 nitrogen and oxygen atoms in total. The number of nitrogens with two attached hydrogens (primary N) is 1. The maximum absolute atomic E-state index is 11.2.